The van der Waals surface area contributed by atoms with Crippen LogP contribution in [0.1, 0.15) is 5.56 Å². The molecule has 0 atom stereocenters. The maximum Gasteiger partial charge on any atom is 0.416 e. The van der Waals surface area contributed by atoms with Gasteiger partial charge < -0.3 is 9.84 Å². The van der Waals surface area contributed by atoms with Crippen LogP contribution in [-0.2, 0) is 17.5 Å². The molecule has 0 saturated heterocycles. The van der Waals surface area contributed by atoms with Gasteiger partial charge in [-0.25, -0.2) is 4.98 Å². The van der Waals surface area contributed by atoms with Gasteiger partial charge in [-0.1, -0.05) is 41.6 Å². The van der Waals surface area contributed by atoms with Crippen LogP contribution in [0.3, 0.4) is 0 Å². The first-order valence-corrected chi connectivity index (χ1v) is 8.70. The van der Waals surface area contributed by atoms with E-state index in [0.29, 0.717) is 5.56 Å². The smallest absolute Gasteiger partial charge is 0.335 e. The van der Waals surface area contributed by atoms with Crippen LogP contribution in [0.2, 0.25) is 0 Å². The van der Waals surface area contributed by atoms with Crippen LogP contribution in [0.5, 0.6) is 0 Å². The Bertz CT molecular complexity index is 1280. The molecule has 1 N–H and O–H groups in total. The lowest BCUT2D eigenvalue weighted by molar-refractivity contribution is -0.137. The Morgan fingerprint density at radius 1 is 1.10 bits per heavy atom. The van der Waals surface area contributed by atoms with Crippen LogP contribution < -0.4 is 10.9 Å². The molecule has 0 saturated carbocycles. The first kappa shape index (κ1) is 19.4. The zero-order chi connectivity index (χ0) is 21.3. The average Bonchev–Trinajstić information content (AvgIpc) is 3.15. The van der Waals surface area contributed by atoms with E-state index < -0.39 is 29.8 Å². The van der Waals surface area contributed by atoms with Gasteiger partial charge in [0.2, 0.25) is 5.91 Å². The third-order valence-corrected chi connectivity index (χ3v) is 4.30. The Morgan fingerprint density at radius 3 is 2.60 bits per heavy atom. The highest BCUT2D eigenvalue weighted by Crippen LogP contribution is 2.30. The zero-order valence-corrected chi connectivity index (χ0v) is 15.2. The van der Waals surface area contributed by atoms with Gasteiger partial charge in [-0.3, -0.25) is 14.2 Å². The van der Waals surface area contributed by atoms with Gasteiger partial charge in [0.15, 0.2) is 0 Å². The number of hydrogen-bond donors (Lipinski definition) is 1. The van der Waals surface area contributed by atoms with Gasteiger partial charge in [0.05, 0.1) is 5.56 Å². The molecule has 0 fully saturated rings. The van der Waals surface area contributed by atoms with Crippen molar-refractivity contribution in [2.45, 2.75) is 12.7 Å². The third-order valence-electron chi connectivity index (χ3n) is 4.30. The van der Waals surface area contributed by atoms with Crippen LogP contribution in [0.25, 0.3) is 22.4 Å². The number of nitrogens with zero attached hydrogens (tertiary/aromatic N) is 3. The van der Waals surface area contributed by atoms with E-state index in [2.05, 4.69) is 15.5 Å². The Kier molecular flexibility index (Phi) is 4.82. The van der Waals surface area contributed by atoms with E-state index in [1.54, 1.807) is 30.3 Å². The second-order valence-corrected chi connectivity index (χ2v) is 6.38. The van der Waals surface area contributed by atoms with Gasteiger partial charge in [0, 0.05) is 11.3 Å². The van der Waals surface area contributed by atoms with Crippen molar-refractivity contribution >= 4 is 22.7 Å². The van der Waals surface area contributed by atoms with Gasteiger partial charge in [-0.2, -0.15) is 13.2 Å². The summed E-state index contributed by atoms with van der Waals surface area (Å²) < 4.78 is 44.6. The lowest BCUT2D eigenvalue weighted by Crippen LogP contribution is -2.28. The summed E-state index contributed by atoms with van der Waals surface area (Å²) in [4.78, 5) is 29.2. The number of benzene rings is 2. The molecule has 152 valence electrons. The zero-order valence-electron chi connectivity index (χ0n) is 15.2. The summed E-state index contributed by atoms with van der Waals surface area (Å²) in [5, 5.41) is 6.35. The number of fused-ring (bicyclic) bond motifs is 1. The van der Waals surface area contributed by atoms with Crippen LogP contribution in [0.15, 0.2) is 70.2 Å². The molecule has 0 aliphatic heterocycles. The predicted octanol–water partition coefficient (Wildman–Crippen LogP) is 3.71. The van der Waals surface area contributed by atoms with Crippen molar-refractivity contribution in [3.05, 3.63) is 76.8 Å². The van der Waals surface area contributed by atoms with Gasteiger partial charge in [-0.15, -0.1) is 0 Å². The van der Waals surface area contributed by atoms with Crippen LogP contribution in [0, 0.1) is 0 Å². The number of anilines is 1. The van der Waals surface area contributed by atoms with E-state index in [1.165, 1.54) is 12.1 Å². The van der Waals surface area contributed by atoms with E-state index in [1.807, 2.05) is 0 Å². The van der Waals surface area contributed by atoms with E-state index in [-0.39, 0.29) is 22.5 Å². The number of hydrogen-bond acceptors (Lipinski definition) is 5. The monoisotopic (exact) mass is 414 g/mol. The molecule has 1 amide bonds. The Morgan fingerprint density at radius 2 is 1.87 bits per heavy atom. The Balaban J connectivity index is 1.61. The summed E-state index contributed by atoms with van der Waals surface area (Å²) in [6.07, 6.45) is -3.41. The second kappa shape index (κ2) is 7.47. The number of amides is 1. The van der Waals surface area contributed by atoms with Crippen LogP contribution >= 0.6 is 0 Å². The SMILES string of the molecule is O=C(Cn1cnc2onc(-c3ccccc3)c2c1=O)Nc1cccc(C(F)(F)F)c1. The Hall–Kier alpha value is -3.95. The van der Waals surface area contributed by atoms with Crippen molar-refractivity contribution in [1.82, 2.24) is 14.7 Å². The minimum absolute atomic E-state index is 0.0217. The molecule has 2 aromatic heterocycles. The third kappa shape index (κ3) is 3.79. The first-order chi connectivity index (χ1) is 14.3. The molecule has 0 bridgehead atoms. The fourth-order valence-corrected chi connectivity index (χ4v) is 2.91. The summed E-state index contributed by atoms with van der Waals surface area (Å²) in [6, 6.07) is 13.1. The van der Waals surface area contributed by atoms with Crippen LogP contribution in [0.4, 0.5) is 18.9 Å². The molecule has 4 rings (SSSR count). The average molecular weight is 414 g/mol. The van der Waals surface area contributed by atoms with Crippen molar-refractivity contribution < 1.29 is 22.5 Å². The summed E-state index contributed by atoms with van der Waals surface area (Å²) in [5.41, 5.74) is -0.533. The molecule has 0 aliphatic rings. The summed E-state index contributed by atoms with van der Waals surface area (Å²) in [6.45, 7) is -0.447. The van der Waals surface area contributed by atoms with Gasteiger partial charge in [0.1, 0.15) is 24.0 Å². The Labute approximate surface area is 166 Å². The quantitative estimate of drug-likeness (QED) is 0.550. The van der Waals surface area contributed by atoms with Crippen molar-refractivity contribution in [1.29, 1.82) is 0 Å². The fourth-order valence-electron chi connectivity index (χ4n) is 2.91. The van der Waals surface area contributed by atoms with Crippen molar-refractivity contribution in [2.24, 2.45) is 0 Å². The van der Waals surface area contributed by atoms with E-state index in [4.69, 9.17) is 4.52 Å². The number of nitrogens with one attached hydrogen (secondary N) is 1. The lowest BCUT2D eigenvalue weighted by Gasteiger charge is -2.10. The lowest BCUT2D eigenvalue weighted by atomic mass is 10.1. The van der Waals surface area contributed by atoms with Crippen molar-refractivity contribution in [3.8, 4) is 11.3 Å². The molecular weight excluding hydrogens is 401 g/mol. The topological polar surface area (TPSA) is 90.0 Å². The molecule has 30 heavy (non-hydrogen) atoms. The largest absolute Gasteiger partial charge is 0.416 e. The molecule has 2 heterocycles. The van der Waals surface area contributed by atoms with Gasteiger partial charge in [-0.05, 0) is 18.2 Å². The predicted molar refractivity (Wildman–Crippen MR) is 102 cm³/mol. The molecule has 0 radical (unpaired) electrons. The highest BCUT2D eigenvalue weighted by atomic mass is 19.4. The van der Waals surface area contributed by atoms with E-state index in [0.717, 1.165) is 23.0 Å². The number of rotatable bonds is 4. The normalized spacial score (nSPS) is 11.6. The standard InChI is InChI=1S/C20H13F3N4O3/c21-20(22,23)13-7-4-8-14(9-13)25-15(28)10-27-11-24-18-16(19(27)29)17(26-30-18)12-5-2-1-3-6-12/h1-9,11H,10H2,(H,25,28). The first-order valence-electron chi connectivity index (χ1n) is 8.70. The molecule has 4 aromatic rings. The highest BCUT2D eigenvalue weighted by Gasteiger charge is 2.30. The van der Waals surface area contributed by atoms with Gasteiger partial charge >= 0.3 is 6.18 Å². The van der Waals surface area contributed by atoms with Crippen molar-refractivity contribution in [3.63, 3.8) is 0 Å². The molecule has 10 heteroatoms. The number of carbonyl (C=O) groups excluding carboxylic acids is 1. The van der Waals surface area contributed by atoms with Crippen molar-refractivity contribution in [2.75, 3.05) is 5.32 Å². The number of aromatic nitrogens is 3. The van der Waals surface area contributed by atoms with E-state index in [9.17, 15) is 22.8 Å². The van der Waals surface area contributed by atoms with E-state index >= 15 is 0 Å². The number of carbonyl (C=O) groups is 1. The molecule has 2 aromatic carbocycles. The number of alkyl halides is 3. The van der Waals surface area contributed by atoms with Gasteiger partial charge in [0.25, 0.3) is 11.3 Å². The summed E-state index contributed by atoms with van der Waals surface area (Å²) in [7, 11) is 0. The minimum Gasteiger partial charge on any atom is -0.335 e. The fraction of sp³-hybridized carbons (Fsp3) is 0.100. The highest BCUT2D eigenvalue weighted by molar-refractivity contribution is 5.91. The molecule has 7 nitrogen and oxygen atoms in total. The maximum atomic E-state index is 12.9. The molecule has 0 unspecified atom stereocenters. The molecule has 0 aliphatic carbocycles. The maximum absolute atomic E-state index is 12.9. The summed E-state index contributed by atoms with van der Waals surface area (Å²) in [5.74, 6) is -0.685. The minimum atomic E-state index is -4.53. The molecule has 0 spiro atoms. The second-order valence-electron chi connectivity index (χ2n) is 6.38. The molecular formula is C20H13F3N4O3. The number of halogens is 3. The van der Waals surface area contributed by atoms with Crippen LogP contribution in [-0.4, -0.2) is 20.6 Å². The summed E-state index contributed by atoms with van der Waals surface area (Å²) >= 11 is 0.